The van der Waals surface area contributed by atoms with E-state index in [9.17, 15) is 22.8 Å². The van der Waals surface area contributed by atoms with Crippen molar-refractivity contribution in [2.45, 2.75) is 19.2 Å². The Balaban J connectivity index is 1.46. The lowest BCUT2D eigenvalue weighted by Gasteiger charge is -2.15. The molecule has 1 aliphatic carbocycles. The smallest absolute Gasteiger partial charge is 0.454 e. The van der Waals surface area contributed by atoms with Crippen LogP contribution in [0.1, 0.15) is 23.3 Å². The Bertz CT molecular complexity index is 1570. The summed E-state index contributed by atoms with van der Waals surface area (Å²) >= 11 is 0. The van der Waals surface area contributed by atoms with Crippen LogP contribution in [0.4, 0.5) is 23.4 Å². The summed E-state index contributed by atoms with van der Waals surface area (Å²) in [6, 6.07) is 11.9. The van der Waals surface area contributed by atoms with Gasteiger partial charge in [0.05, 0.1) is 5.69 Å². The highest BCUT2D eigenvalue weighted by molar-refractivity contribution is 5.93. The molecular formula is C26H19F4N5O4. The number of alkyl halides is 3. The third-order valence-electron chi connectivity index (χ3n) is 5.66. The second kappa shape index (κ2) is 10.1. The Morgan fingerprint density at radius 3 is 2.51 bits per heavy atom. The van der Waals surface area contributed by atoms with Gasteiger partial charge in [-0.2, -0.15) is 0 Å². The van der Waals surface area contributed by atoms with Crippen molar-refractivity contribution in [3.8, 4) is 34.3 Å². The quantitative estimate of drug-likeness (QED) is 0.296. The summed E-state index contributed by atoms with van der Waals surface area (Å²) in [6.07, 6.45) is -0.818. The van der Waals surface area contributed by atoms with Gasteiger partial charge in [-0.3, -0.25) is 14.2 Å². The fourth-order valence-electron chi connectivity index (χ4n) is 3.72. The van der Waals surface area contributed by atoms with Crippen LogP contribution in [0.3, 0.4) is 0 Å². The number of primary amides is 1. The first-order chi connectivity index (χ1) is 18.6. The van der Waals surface area contributed by atoms with Crippen molar-refractivity contribution in [1.82, 2.24) is 14.5 Å². The largest absolute Gasteiger partial charge is 0.573 e. The zero-order chi connectivity index (χ0) is 27.7. The minimum atomic E-state index is -4.98. The highest BCUT2D eigenvalue weighted by Gasteiger charge is 2.33. The average molecular weight is 541 g/mol. The summed E-state index contributed by atoms with van der Waals surface area (Å²) in [5.74, 6) is -2.31. The molecule has 2 aromatic carbocycles. The van der Waals surface area contributed by atoms with E-state index in [1.165, 1.54) is 48.7 Å². The van der Waals surface area contributed by atoms with Crippen molar-refractivity contribution < 1.29 is 36.6 Å². The lowest BCUT2D eigenvalue weighted by Crippen LogP contribution is -2.18. The molecule has 3 N–H and O–H groups in total. The fraction of sp³-hybridized carbons (Fsp3) is 0.154. The number of hydrogen-bond donors (Lipinski definition) is 2. The zero-order valence-electron chi connectivity index (χ0n) is 19.9. The molecule has 200 valence electrons. The molecule has 0 unspecified atom stereocenters. The monoisotopic (exact) mass is 541 g/mol. The van der Waals surface area contributed by atoms with Gasteiger partial charge < -0.3 is 20.5 Å². The number of ether oxygens (including phenoxy) is 2. The Morgan fingerprint density at radius 1 is 1.05 bits per heavy atom. The van der Waals surface area contributed by atoms with E-state index >= 15 is 4.39 Å². The number of carbonyl (C=O) groups is 2. The van der Waals surface area contributed by atoms with Gasteiger partial charge in [0.15, 0.2) is 17.3 Å². The number of para-hydroxylation sites is 2. The predicted molar refractivity (Wildman–Crippen MR) is 130 cm³/mol. The van der Waals surface area contributed by atoms with E-state index < -0.39 is 23.8 Å². The standard InChI is InChI=1S/C26H19F4N5O4/c27-17-11-15(7-8-20(17)38-16-9-10-32-22(12-16)34-25(37)14-5-6-14)24-33-18(23(31)36)13-35(24)19-3-1-2-4-21(19)39-26(28,29)30/h1-4,7-14H,5-6H2,(H2,31,36)(H,32,34,37). The number of pyridine rings is 1. The van der Waals surface area contributed by atoms with Crippen molar-refractivity contribution in [3.63, 3.8) is 0 Å². The summed E-state index contributed by atoms with van der Waals surface area (Å²) in [5, 5.41) is 2.67. The van der Waals surface area contributed by atoms with Crippen molar-refractivity contribution >= 4 is 17.6 Å². The molecule has 5 rings (SSSR count). The van der Waals surface area contributed by atoms with Gasteiger partial charge in [-0.15, -0.1) is 13.2 Å². The average Bonchev–Trinajstić information content (AvgIpc) is 3.63. The number of rotatable bonds is 8. The Hall–Kier alpha value is -4.94. The number of halogens is 4. The van der Waals surface area contributed by atoms with Gasteiger partial charge in [0.25, 0.3) is 5.91 Å². The van der Waals surface area contributed by atoms with Gasteiger partial charge in [0.1, 0.15) is 23.1 Å². The molecule has 0 bridgehead atoms. The first-order valence-electron chi connectivity index (χ1n) is 11.6. The number of nitrogens with one attached hydrogen (secondary N) is 1. The molecule has 4 aromatic rings. The van der Waals surface area contributed by atoms with Crippen LogP contribution in [-0.4, -0.2) is 32.7 Å². The van der Waals surface area contributed by atoms with Crippen LogP contribution in [0.2, 0.25) is 0 Å². The van der Waals surface area contributed by atoms with Crippen molar-refractivity contribution in [3.05, 3.63) is 78.5 Å². The van der Waals surface area contributed by atoms with Gasteiger partial charge in [0.2, 0.25) is 5.91 Å². The number of nitrogens with two attached hydrogens (primary N) is 1. The van der Waals surface area contributed by atoms with E-state index in [1.54, 1.807) is 0 Å². The van der Waals surface area contributed by atoms with Crippen LogP contribution in [0.15, 0.2) is 67.0 Å². The Morgan fingerprint density at radius 2 is 1.82 bits per heavy atom. The van der Waals surface area contributed by atoms with Gasteiger partial charge in [-0.05, 0) is 49.2 Å². The molecule has 0 spiro atoms. The van der Waals surface area contributed by atoms with Crippen LogP contribution in [0.5, 0.6) is 17.2 Å². The van der Waals surface area contributed by atoms with E-state index in [1.807, 2.05) is 0 Å². The molecule has 2 aromatic heterocycles. The molecule has 9 nitrogen and oxygen atoms in total. The van der Waals surface area contributed by atoms with Gasteiger partial charge in [-0.1, -0.05) is 12.1 Å². The molecule has 0 radical (unpaired) electrons. The summed E-state index contributed by atoms with van der Waals surface area (Å²) < 4.78 is 65.0. The molecular weight excluding hydrogens is 522 g/mol. The fourth-order valence-corrected chi connectivity index (χ4v) is 3.72. The molecule has 0 saturated heterocycles. The number of anilines is 1. The SMILES string of the molecule is NC(=O)c1cn(-c2ccccc2OC(F)(F)F)c(-c2ccc(Oc3ccnc(NC(=O)C4CC4)c3)c(F)c2)n1. The molecule has 0 atom stereocenters. The minimum Gasteiger partial charge on any atom is -0.454 e. The maximum atomic E-state index is 15.1. The molecule has 13 heteroatoms. The number of hydrogen-bond acceptors (Lipinski definition) is 6. The summed E-state index contributed by atoms with van der Waals surface area (Å²) in [7, 11) is 0. The number of amides is 2. The highest BCUT2D eigenvalue weighted by atomic mass is 19.4. The minimum absolute atomic E-state index is 0.0315. The Kier molecular flexibility index (Phi) is 6.64. The normalized spacial score (nSPS) is 13.1. The summed E-state index contributed by atoms with van der Waals surface area (Å²) in [4.78, 5) is 32.0. The van der Waals surface area contributed by atoms with E-state index in [-0.39, 0.29) is 51.9 Å². The number of nitrogens with zero attached hydrogens (tertiary/aromatic N) is 3. The van der Waals surface area contributed by atoms with E-state index in [0.717, 1.165) is 35.7 Å². The second-order valence-corrected chi connectivity index (χ2v) is 8.59. The first kappa shape index (κ1) is 25.7. The lowest BCUT2D eigenvalue weighted by atomic mass is 10.2. The topological polar surface area (TPSA) is 121 Å². The number of benzene rings is 2. The van der Waals surface area contributed by atoms with Gasteiger partial charge in [0, 0.05) is 29.9 Å². The molecule has 1 aliphatic rings. The van der Waals surface area contributed by atoms with E-state index in [4.69, 9.17) is 10.5 Å². The van der Waals surface area contributed by atoms with Crippen molar-refractivity contribution in [1.29, 1.82) is 0 Å². The van der Waals surface area contributed by atoms with Gasteiger partial charge in [-0.25, -0.2) is 14.4 Å². The van der Waals surface area contributed by atoms with Crippen LogP contribution in [0.25, 0.3) is 17.1 Å². The number of carbonyl (C=O) groups excluding carboxylic acids is 2. The third-order valence-corrected chi connectivity index (χ3v) is 5.66. The number of imidazole rings is 1. The molecule has 2 heterocycles. The van der Waals surface area contributed by atoms with Crippen LogP contribution >= 0.6 is 0 Å². The Labute approximate surface area is 218 Å². The maximum Gasteiger partial charge on any atom is 0.573 e. The van der Waals surface area contributed by atoms with Crippen molar-refractivity contribution in [2.24, 2.45) is 11.7 Å². The summed E-state index contributed by atoms with van der Waals surface area (Å²) in [6.45, 7) is 0. The molecule has 2 amide bonds. The first-order valence-corrected chi connectivity index (χ1v) is 11.6. The van der Waals surface area contributed by atoms with Crippen molar-refractivity contribution in [2.75, 3.05) is 5.32 Å². The zero-order valence-corrected chi connectivity index (χ0v) is 19.9. The summed E-state index contributed by atoms with van der Waals surface area (Å²) in [5.41, 5.74) is 5.09. The lowest BCUT2D eigenvalue weighted by molar-refractivity contribution is -0.274. The molecule has 1 saturated carbocycles. The third kappa shape index (κ3) is 5.98. The number of aromatic nitrogens is 3. The molecule has 39 heavy (non-hydrogen) atoms. The van der Waals surface area contributed by atoms with Crippen LogP contribution in [0, 0.1) is 11.7 Å². The highest BCUT2D eigenvalue weighted by Crippen LogP contribution is 2.35. The van der Waals surface area contributed by atoms with Crippen LogP contribution < -0.4 is 20.5 Å². The van der Waals surface area contributed by atoms with Gasteiger partial charge >= 0.3 is 6.36 Å². The second-order valence-electron chi connectivity index (χ2n) is 8.59. The molecule has 0 aliphatic heterocycles. The molecule has 1 fully saturated rings. The van der Waals surface area contributed by atoms with E-state index in [0.29, 0.717) is 0 Å². The maximum absolute atomic E-state index is 15.1. The predicted octanol–water partition coefficient (Wildman–Crippen LogP) is 5.21. The van der Waals surface area contributed by atoms with E-state index in [2.05, 4.69) is 20.0 Å². The van der Waals surface area contributed by atoms with Crippen LogP contribution in [-0.2, 0) is 4.79 Å².